The van der Waals surface area contributed by atoms with E-state index in [-0.39, 0.29) is 5.97 Å². The minimum atomic E-state index is -1.03. The summed E-state index contributed by atoms with van der Waals surface area (Å²) >= 11 is 0. The summed E-state index contributed by atoms with van der Waals surface area (Å²) in [4.78, 5) is 14.5. The number of carbonyl (C=O) groups is 1. The number of ether oxygens (including phenoxy) is 4. The van der Waals surface area contributed by atoms with Crippen LogP contribution in [0.2, 0.25) is 0 Å². The molecule has 0 atom stereocenters. The molecule has 0 N–H and O–H groups in total. The Labute approximate surface area is 221 Å². The van der Waals surface area contributed by atoms with Crippen molar-refractivity contribution in [2.45, 2.75) is 46.1 Å². The second-order valence-electron chi connectivity index (χ2n) is 9.43. The summed E-state index contributed by atoms with van der Waals surface area (Å²) in [5.41, 5.74) is 2.62. The Morgan fingerprint density at radius 1 is 0.892 bits per heavy atom. The molecule has 0 aliphatic carbocycles. The third kappa shape index (κ3) is 8.74. The number of methoxy groups -OCH3 is 1. The molecule has 198 valence electrons. The van der Waals surface area contributed by atoms with E-state index in [1.807, 2.05) is 36.4 Å². The fraction of sp³-hybridized carbons (Fsp3) is 0.387. The van der Waals surface area contributed by atoms with Gasteiger partial charge in [-0.1, -0.05) is 24.3 Å². The van der Waals surface area contributed by atoms with Crippen LogP contribution < -0.4 is 19.1 Å². The van der Waals surface area contributed by atoms with E-state index in [0.717, 1.165) is 37.4 Å². The molecule has 37 heavy (non-hydrogen) atoms. The van der Waals surface area contributed by atoms with Crippen molar-refractivity contribution in [2.75, 3.05) is 38.3 Å². The van der Waals surface area contributed by atoms with E-state index in [0.29, 0.717) is 19.0 Å². The average Bonchev–Trinajstić information content (AvgIpc) is 2.89. The van der Waals surface area contributed by atoms with Gasteiger partial charge in [-0.25, -0.2) is 4.79 Å². The monoisotopic (exact) mass is 505 g/mol. The molecular weight excluding hydrogens is 466 g/mol. The van der Waals surface area contributed by atoms with Crippen LogP contribution in [-0.2, 0) is 16.0 Å². The number of nitrogens with zero attached hydrogens (tertiary/aromatic N) is 1. The zero-order valence-corrected chi connectivity index (χ0v) is 22.7. The molecule has 6 nitrogen and oxygen atoms in total. The minimum Gasteiger partial charge on any atom is -0.497 e. The summed E-state index contributed by atoms with van der Waals surface area (Å²) < 4.78 is 22.1. The lowest BCUT2D eigenvalue weighted by Gasteiger charge is -2.26. The van der Waals surface area contributed by atoms with Gasteiger partial charge < -0.3 is 23.8 Å². The molecule has 3 rings (SSSR count). The van der Waals surface area contributed by atoms with E-state index >= 15 is 0 Å². The molecule has 0 saturated carbocycles. The van der Waals surface area contributed by atoms with Gasteiger partial charge in [0.05, 0.1) is 20.3 Å². The summed E-state index contributed by atoms with van der Waals surface area (Å²) in [6.07, 6.45) is 1.78. The summed E-state index contributed by atoms with van der Waals surface area (Å²) in [6.45, 7) is 10.1. The highest BCUT2D eigenvalue weighted by Gasteiger charge is 2.31. The maximum Gasteiger partial charge on any atom is 0.349 e. The minimum absolute atomic E-state index is 0.329. The second-order valence-corrected chi connectivity index (χ2v) is 9.43. The lowest BCUT2D eigenvalue weighted by molar-refractivity contribution is -0.158. The van der Waals surface area contributed by atoms with E-state index in [1.165, 1.54) is 16.8 Å². The summed E-state index contributed by atoms with van der Waals surface area (Å²) in [5.74, 6) is 1.94. The summed E-state index contributed by atoms with van der Waals surface area (Å²) in [7, 11) is 1.66. The molecule has 0 amide bonds. The largest absolute Gasteiger partial charge is 0.497 e. The predicted octanol–water partition coefficient (Wildman–Crippen LogP) is 6.24. The highest BCUT2D eigenvalue weighted by molar-refractivity contribution is 5.79. The first-order valence-corrected chi connectivity index (χ1v) is 12.8. The van der Waals surface area contributed by atoms with Gasteiger partial charge in [0.1, 0.15) is 17.2 Å². The molecule has 0 aliphatic heterocycles. The van der Waals surface area contributed by atoms with Gasteiger partial charge in [-0.3, -0.25) is 0 Å². The van der Waals surface area contributed by atoms with Crippen molar-refractivity contribution in [3.63, 3.8) is 0 Å². The van der Waals surface area contributed by atoms with Gasteiger partial charge in [0.2, 0.25) is 0 Å². The highest BCUT2D eigenvalue weighted by Crippen LogP contribution is 2.22. The molecule has 3 aromatic rings. The average molecular weight is 506 g/mol. The van der Waals surface area contributed by atoms with Crippen LogP contribution in [0.1, 0.15) is 38.3 Å². The van der Waals surface area contributed by atoms with E-state index in [1.54, 1.807) is 27.9 Å². The molecular formula is C31H39NO5. The number of carbonyl (C=O) groups excluding carboxylic acids is 1. The van der Waals surface area contributed by atoms with Gasteiger partial charge in [0.15, 0.2) is 5.60 Å². The Bertz CT molecular complexity index is 1110. The van der Waals surface area contributed by atoms with Crippen molar-refractivity contribution in [3.8, 4) is 17.2 Å². The Balaban J connectivity index is 1.56. The molecule has 0 heterocycles. The second kappa shape index (κ2) is 13.6. The zero-order valence-electron chi connectivity index (χ0n) is 22.7. The Hall–Kier alpha value is -3.67. The fourth-order valence-corrected chi connectivity index (χ4v) is 3.94. The lowest BCUT2D eigenvalue weighted by Crippen LogP contribution is -2.39. The molecule has 0 saturated heterocycles. The van der Waals surface area contributed by atoms with E-state index < -0.39 is 5.60 Å². The van der Waals surface area contributed by atoms with Crippen molar-refractivity contribution in [1.29, 1.82) is 0 Å². The number of anilines is 1. The van der Waals surface area contributed by atoms with E-state index in [4.69, 9.17) is 18.9 Å². The molecule has 0 aliphatic rings. The molecule has 0 radical (unpaired) electrons. The van der Waals surface area contributed by atoms with Crippen molar-refractivity contribution >= 4 is 11.7 Å². The summed E-state index contributed by atoms with van der Waals surface area (Å²) in [5, 5.41) is 0. The maximum atomic E-state index is 12.1. The van der Waals surface area contributed by atoms with Crippen LogP contribution in [0.15, 0.2) is 72.8 Å². The van der Waals surface area contributed by atoms with E-state index in [9.17, 15) is 4.79 Å². The number of hydrogen-bond donors (Lipinski definition) is 0. The van der Waals surface area contributed by atoms with Crippen molar-refractivity contribution in [2.24, 2.45) is 0 Å². The van der Waals surface area contributed by atoms with Crippen LogP contribution in [0.4, 0.5) is 5.69 Å². The first-order valence-electron chi connectivity index (χ1n) is 12.8. The number of benzene rings is 3. The topological polar surface area (TPSA) is 57.2 Å². The van der Waals surface area contributed by atoms with Crippen LogP contribution in [0.5, 0.6) is 17.2 Å². The zero-order chi connectivity index (χ0) is 26.7. The van der Waals surface area contributed by atoms with Crippen LogP contribution in [-0.4, -0.2) is 45.0 Å². The van der Waals surface area contributed by atoms with Gasteiger partial charge in [0.25, 0.3) is 0 Å². The molecule has 0 unspecified atom stereocenters. The van der Waals surface area contributed by atoms with Crippen LogP contribution in [0, 0.1) is 6.92 Å². The van der Waals surface area contributed by atoms with Gasteiger partial charge >= 0.3 is 5.97 Å². The molecule has 3 aromatic carbocycles. The normalized spacial score (nSPS) is 11.1. The van der Waals surface area contributed by atoms with E-state index in [2.05, 4.69) is 48.2 Å². The van der Waals surface area contributed by atoms with Crippen LogP contribution in [0.3, 0.4) is 0 Å². The van der Waals surface area contributed by atoms with Gasteiger partial charge in [0, 0.05) is 18.8 Å². The Morgan fingerprint density at radius 2 is 1.57 bits per heavy atom. The molecule has 0 bridgehead atoms. The number of rotatable bonds is 14. The van der Waals surface area contributed by atoms with Gasteiger partial charge in [-0.15, -0.1) is 0 Å². The fourth-order valence-electron chi connectivity index (χ4n) is 3.94. The lowest BCUT2D eigenvalue weighted by atomic mass is 10.1. The first-order chi connectivity index (χ1) is 17.8. The number of aryl methyl sites for hydroxylation is 1. The highest BCUT2D eigenvalue weighted by atomic mass is 16.6. The van der Waals surface area contributed by atoms with Crippen molar-refractivity contribution in [1.82, 2.24) is 0 Å². The van der Waals surface area contributed by atoms with Crippen molar-refractivity contribution in [3.05, 3.63) is 83.9 Å². The number of hydrogen-bond acceptors (Lipinski definition) is 6. The van der Waals surface area contributed by atoms with Gasteiger partial charge in [-0.05, 0) is 100 Å². The smallest absolute Gasteiger partial charge is 0.349 e. The quantitative estimate of drug-likeness (QED) is 0.191. The predicted molar refractivity (Wildman–Crippen MR) is 148 cm³/mol. The third-order valence-corrected chi connectivity index (χ3v) is 6.00. The van der Waals surface area contributed by atoms with Crippen molar-refractivity contribution < 1.29 is 23.7 Å². The van der Waals surface area contributed by atoms with Gasteiger partial charge in [-0.2, -0.15) is 0 Å². The third-order valence-electron chi connectivity index (χ3n) is 6.00. The van der Waals surface area contributed by atoms with Crippen LogP contribution in [0.25, 0.3) is 0 Å². The Morgan fingerprint density at radius 3 is 2.22 bits per heavy atom. The Kier molecular flexibility index (Phi) is 10.2. The summed E-state index contributed by atoms with van der Waals surface area (Å²) in [6, 6.07) is 24.2. The molecule has 0 fully saturated rings. The maximum absolute atomic E-state index is 12.1. The molecule has 0 aromatic heterocycles. The first kappa shape index (κ1) is 27.9. The van der Waals surface area contributed by atoms with Crippen LogP contribution >= 0.6 is 0 Å². The molecule has 0 spiro atoms. The standard InChI is InChI=1S/C31H39NO5/c1-6-35-30(33)31(3,4)37-29-13-11-25(12-14-29)19-21-32(26-10-7-9-24(2)23-26)20-8-22-36-28-17-15-27(34-5)16-18-28/h7,9-18,23H,6,8,19-22H2,1-5H3. The SMILES string of the molecule is CCOC(=O)C(C)(C)Oc1ccc(CCN(CCCOc2ccc(OC)cc2)c2cccc(C)c2)cc1. The molecule has 6 heteroatoms. The number of esters is 1.